The molecule has 1 aliphatic carbocycles. The van der Waals surface area contributed by atoms with Gasteiger partial charge in [0.15, 0.2) is 0 Å². The van der Waals surface area contributed by atoms with Gasteiger partial charge in [-0.25, -0.2) is 0 Å². The van der Waals surface area contributed by atoms with Crippen molar-refractivity contribution < 1.29 is 4.79 Å². The summed E-state index contributed by atoms with van der Waals surface area (Å²) in [5, 5.41) is 3.00. The zero-order valence-corrected chi connectivity index (χ0v) is 13.2. The predicted octanol–water partition coefficient (Wildman–Crippen LogP) is 4.45. The summed E-state index contributed by atoms with van der Waals surface area (Å²) in [5.41, 5.74) is 3.88. The van der Waals surface area contributed by atoms with Crippen LogP contribution in [0, 0.1) is 13.8 Å². The Bertz CT molecular complexity index is 651. The molecule has 4 heteroatoms. The first-order valence-corrected chi connectivity index (χ1v) is 7.59. The summed E-state index contributed by atoms with van der Waals surface area (Å²) in [6, 6.07) is 8.45. The number of anilines is 1. The average Bonchev–Trinajstić information content (AvgIpc) is 3.11. The Morgan fingerprint density at radius 3 is 2.45 bits per heavy atom. The molecule has 0 atom stereocenters. The Kier molecular flexibility index (Phi) is 3.42. The fourth-order valence-electron chi connectivity index (χ4n) is 2.52. The molecule has 1 heterocycles. The molecule has 1 aliphatic rings. The monoisotopic (exact) mass is 332 g/mol. The van der Waals surface area contributed by atoms with Crippen LogP contribution >= 0.6 is 15.9 Å². The number of hydrogen-bond donors (Lipinski definition) is 1. The summed E-state index contributed by atoms with van der Waals surface area (Å²) >= 11 is 3.46. The molecule has 1 amide bonds. The molecular formula is C16H17BrN2O. The third-order valence-corrected chi connectivity index (χ3v) is 3.90. The minimum absolute atomic E-state index is 0.0485. The molecule has 20 heavy (non-hydrogen) atoms. The van der Waals surface area contributed by atoms with Crippen molar-refractivity contribution in [2.24, 2.45) is 0 Å². The minimum atomic E-state index is -0.0485. The van der Waals surface area contributed by atoms with Gasteiger partial charge in [0.25, 0.3) is 5.91 Å². The second-order valence-electron chi connectivity index (χ2n) is 5.51. The highest BCUT2D eigenvalue weighted by Crippen LogP contribution is 2.37. The molecule has 0 radical (unpaired) electrons. The fourth-order valence-corrected chi connectivity index (χ4v) is 2.96. The SMILES string of the molecule is Cc1cc(C)cc(NC(=O)c2cc(Br)cn2C2CC2)c1. The zero-order valence-electron chi connectivity index (χ0n) is 11.6. The predicted molar refractivity (Wildman–Crippen MR) is 84.3 cm³/mol. The average molecular weight is 333 g/mol. The van der Waals surface area contributed by atoms with Crippen LogP contribution in [0.2, 0.25) is 0 Å². The first-order valence-electron chi connectivity index (χ1n) is 6.80. The van der Waals surface area contributed by atoms with E-state index in [0.717, 1.165) is 39.8 Å². The van der Waals surface area contributed by atoms with E-state index in [1.807, 2.05) is 38.2 Å². The topological polar surface area (TPSA) is 34.0 Å². The molecule has 1 N–H and O–H groups in total. The standard InChI is InChI=1S/C16H17BrN2O/c1-10-5-11(2)7-13(6-10)18-16(20)15-8-12(17)9-19(15)14-3-4-14/h5-9,14H,3-4H2,1-2H3,(H,18,20). The van der Waals surface area contributed by atoms with Crippen LogP contribution in [-0.2, 0) is 0 Å². The number of carbonyl (C=O) groups excluding carboxylic acids is 1. The van der Waals surface area contributed by atoms with Crippen LogP contribution in [0.25, 0.3) is 0 Å². The molecule has 1 fully saturated rings. The van der Waals surface area contributed by atoms with Crippen molar-refractivity contribution in [2.75, 3.05) is 5.32 Å². The molecule has 104 valence electrons. The Hall–Kier alpha value is -1.55. The smallest absolute Gasteiger partial charge is 0.272 e. The van der Waals surface area contributed by atoms with Gasteiger partial charge in [-0.15, -0.1) is 0 Å². The highest BCUT2D eigenvalue weighted by Gasteiger charge is 2.27. The van der Waals surface area contributed by atoms with Crippen molar-refractivity contribution in [3.05, 3.63) is 51.8 Å². The van der Waals surface area contributed by atoms with Crippen molar-refractivity contribution in [1.29, 1.82) is 0 Å². The van der Waals surface area contributed by atoms with Crippen LogP contribution in [0.4, 0.5) is 5.69 Å². The van der Waals surface area contributed by atoms with Crippen molar-refractivity contribution in [1.82, 2.24) is 4.57 Å². The molecule has 0 saturated heterocycles. The van der Waals surface area contributed by atoms with Gasteiger partial charge in [0, 0.05) is 22.4 Å². The van der Waals surface area contributed by atoms with Crippen molar-refractivity contribution in [3.63, 3.8) is 0 Å². The van der Waals surface area contributed by atoms with Gasteiger partial charge in [0.05, 0.1) is 0 Å². The number of nitrogens with one attached hydrogen (secondary N) is 1. The van der Waals surface area contributed by atoms with Gasteiger partial charge in [0.1, 0.15) is 5.69 Å². The van der Waals surface area contributed by atoms with Crippen LogP contribution in [0.5, 0.6) is 0 Å². The first kappa shape index (κ1) is 13.4. The number of halogens is 1. The molecule has 0 spiro atoms. The van der Waals surface area contributed by atoms with Gasteiger partial charge < -0.3 is 9.88 Å². The van der Waals surface area contributed by atoms with E-state index in [1.54, 1.807) is 0 Å². The van der Waals surface area contributed by atoms with E-state index in [9.17, 15) is 4.79 Å². The number of carbonyl (C=O) groups is 1. The number of rotatable bonds is 3. The van der Waals surface area contributed by atoms with Crippen LogP contribution in [0.1, 0.15) is 40.5 Å². The van der Waals surface area contributed by atoms with Gasteiger partial charge in [-0.1, -0.05) is 6.07 Å². The third kappa shape index (κ3) is 2.80. The summed E-state index contributed by atoms with van der Waals surface area (Å²) in [4.78, 5) is 12.5. The van der Waals surface area contributed by atoms with Crippen molar-refractivity contribution in [2.45, 2.75) is 32.7 Å². The number of hydrogen-bond acceptors (Lipinski definition) is 1. The van der Waals surface area contributed by atoms with Crippen LogP contribution in [0.3, 0.4) is 0 Å². The molecule has 3 nitrogen and oxygen atoms in total. The Morgan fingerprint density at radius 2 is 1.85 bits per heavy atom. The second kappa shape index (κ2) is 5.09. The maximum Gasteiger partial charge on any atom is 0.272 e. The van der Waals surface area contributed by atoms with Gasteiger partial charge >= 0.3 is 0 Å². The maximum atomic E-state index is 12.5. The normalized spacial score (nSPS) is 14.3. The maximum absolute atomic E-state index is 12.5. The lowest BCUT2D eigenvalue weighted by Gasteiger charge is -2.10. The first-order chi connectivity index (χ1) is 9.52. The molecule has 2 aromatic rings. The van der Waals surface area contributed by atoms with E-state index < -0.39 is 0 Å². The molecule has 1 saturated carbocycles. The van der Waals surface area contributed by atoms with Gasteiger partial charge in [0.2, 0.25) is 0 Å². The summed E-state index contributed by atoms with van der Waals surface area (Å²) < 4.78 is 3.03. The lowest BCUT2D eigenvalue weighted by Crippen LogP contribution is -2.16. The zero-order chi connectivity index (χ0) is 14.3. The summed E-state index contributed by atoms with van der Waals surface area (Å²) in [5.74, 6) is -0.0485. The highest BCUT2D eigenvalue weighted by molar-refractivity contribution is 9.10. The highest BCUT2D eigenvalue weighted by atomic mass is 79.9. The molecule has 1 aromatic heterocycles. The van der Waals surface area contributed by atoms with Crippen LogP contribution < -0.4 is 5.32 Å². The Labute approximate surface area is 127 Å². The molecular weight excluding hydrogens is 316 g/mol. The van der Waals surface area contributed by atoms with E-state index in [2.05, 4.69) is 31.9 Å². The lowest BCUT2D eigenvalue weighted by molar-refractivity contribution is 0.101. The van der Waals surface area contributed by atoms with Gasteiger partial charge in [-0.2, -0.15) is 0 Å². The lowest BCUT2D eigenvalue weighted by atomic mass is 10.1. The second-order valence-corrected chi connectivity index (χ2v) is 6.43. The molecule has 0 bridgehead atoms. The molecule has 1 aromatic carbocycles. The summed E-state index contributed by atoms with van der Waals surface area (Å²) in [6.45, 7) is 4.07. The van der Waals surface area contributed by atoms with Crippen LogP contribution in [0.15, 0.2) is 34.9 Å². The number of nitrogens with zero attached hydrogens (tertiary/aromatic N) is 1. The summed E-state index contributed by atoms with van der Waals surface area (Å²) in [6.07, 6.45) is 4.31. The minimum Gasteiger partial charge on any atom is -0.339 e. The Balaban J connectivity index is 1.85. The van der Waals surface area contributed by atoms with E-state index in [1.165, 1.54) is 0 Å². The molecule has 0 aliphatic heterocycles. The van der Waals surface area contributed by atoms with Crippen LogP contribution in [-0.4, -0.2) is 10.5 Å². The molecule has 3 rings (SSSR count). The number of amides is 1. The van der Waals surface area contributed by atoms with E-state index in [-0.39, 0.29) is 5.91 Å². The van der Waals surface area contributed by atoms with Gasteiger partial charge in [-0.05, 0) is 71.9 Å². The quantitative estimate of drug-likeness (QED) is 0.884. The summed E-state index contributed by atoms with van der Waals surface area (Å²) in [7, 11) is 0. The van der Waals surface area contributed by atoms with Gasteiger partial charge in [-0.3, -0.25) is 4.79 Å². The van der Waals surface area contributed by atoms with Crippen molar-refractivity contribution in [3.8, 4) is 0 Å². The van der Waals surface area contributed by atoms with Crippen molar-refractivity contribution >= 4 is 27.5 Å². The van der Waals surface area contributed by atoms with E-state index >= 15 is 0 Å². The third-order valence-electron chi connectivity index (χ3n) is 3.47. The largest absolute Gasteiger partial charge is 0.339 e. The number of aryl methyl sites for hydroxylation is 2. The number of aromatic nitrogens is 1. The molecule has 0 unspecified atom stereocenters. The fraction of sp³-hybridized carbons (Fsp3) is 0.312. The van der Waals surface area contributed by atoms with E-state index in [4.69, 9.17) is 0 Å². The van der Waals surface area contributed by atoms with E-state index in [0.29, 0.717) is 6.04 Å². The Morgan fingerprint density at radius 1 is 1.20 bits per heavy atom. The number of benzene rings is 1.